The number of carbonyl (C=O) groups is 1. The first kappa shape index (κ1) is 13.2. The third kappa shape index (κ3) is 3.17. The Bertz CT molecular complexity index is 210. The summed E-state index contributed by atoms with van der Waals surface area (Å²) in [6.07, 6.45) is 0. The molecule has 0 rings (SSSR count). The van der Waals surface area contributed by atoms with Crippen LogP contribution in [0.5, 0.6) is 0 Å². The summed E-state index contributed by atoms with van der Waals surface area (Å²) in [5.74, 6) is 0.113. The molecule has 0 aliphatic carbocycles. The third-order valence-electron chi connectivity index (χ3n) is 2.48. The Hall–Kier alpha value is -0.790. The number of rotatable bonds is 4. The largest absolute Gasteiger partial charge is 0.337 e. The zero-order chi connectivity index (χ0) is 11.5. The molecule has 2 nitrogen and oxygen atoms in total. The van der Waals surface area contributed by atoms with Crippen LogP contribution in [0.2, 0.25) is 0 Å². The van der Waals surface area contributed by atoms with Gasteiger partial charge in [-0.25, -0.2) is 0 Å². The molecule has 82 valence electrons. The van der Waals surface area contributed by atoms with Crippen LogP contribution in [-0.2, 0) is 4.79 Å². The van der Waals surface area contributed by atoms with Gasteiger partial charge in [-0.15, -0.1) is 0 Å². The first-order valence-corrected chi connectivity index (χ1v) is 5.26. The number of hydrogen-bond acceptors (Lipinski definition) is 1. The zero-order valence-corrected chi connectivity index (χ0v) is 10.3. The molecule has 0 aromatic heterocycles. The second-order valence-corrected chi connectivity index (χ2v) is 4.50. The van der Waals surface area contributed by atoms with Gasteiger partial charge in [0, 0.05) is 12.1 Å². The van der Waals surface area contributed by atoms with Gasteiger partial charge in [-0.1, -0.05) is 12.2 Å². The molecule has 0 aliphatic heterocycles. The third-order valence-corrected chi connectivity index (χ3v) is 2.48. The summed E-state index contributed by atoms with van der Waals surface area (Å²) < 4.78 is 0. The number of hydrogen-bond donors (Lipinski definition) is 0. The lowest BCUT2D eigenvalue weighted by Gasteiger charge is -2.33. The molecule has 0 N–H and O–H groups in total. The zero-order valence-electron chi connectivity index (χ0n) is 10.3. The number of nitrogens with zero attached hydrogens (tertiary/aromatic N) is 1. The average molecular weight is 197 g/mol. The molecule has 0 radical (unpaired) electrons. The van der Waals surface area contributed by atoms with Crippen LogP contribution in [-0.4, -0.2) is 22.9 Å². The highest BCUT2D eigenvalue weighted by atomic mass is 16.2. The van der Waals surface area contributed by atoms with E-state index in [1.807, 2.05) is 46.4 Å². The number of carbonyl (C=O) groups excluding carboxylic acids is 1. The minimum absolute atomic E-state index is 0.0696. The molecule has 0 aromatic rings. The highest BCUT2D eigenvalue weighted by Gasteiger charge is 2.24. The first-order valence-electron chi connectivity index (χ1n) is 5.26. The average Bonchev–Trinajstić information content (AvgIpc) is 2.01. The van der Waals surface area contributed by atoms with E-state index in [0.29, 0.717) is 0 Å². The molecule has 0 aromatic carbocycles. The summed E-state index contributed by atoms with van der Waals surface area (Å²) in [6, 6.07) is 0.508. The van der Waals surface area contributed by atoms with E-state index in [4.69, 9.17) is 0 Å². The van der Waals surface area contributed by atoms with E-state index < -0.39 is 0 Å². The fraction of sp³-hybridized carbons (Fsp3) is 0.750. The Morgan fingerprint density at radius 2 is 1.43 bits per heavy atom. The van der Waals surface area contributed by atoms with E-state index in [0.717, 1.165) is 5.57 Å². The van der Waals surface area contributed by atoms with E-state index in [-0.39, 0.29) is 23.9 Å². The standard InChI is InChI=1S/C12H23NO/c1-8(2)11(7)12(14)13(9(3)4)10(5)6/h9-11H,1H2,2-7H3/t11-/m0/s1. The molecule has 0 spiro atoms. The van der Waals surface area contributed by atoms with Gasteiger partial charge in [0.15, 0.2) is 0 Å². The second kappa shape index (κ2) is 5.18. The maximum absolute atomic E-state index is 12.0. The Morgan fingerprint density at radius 3 is 1.64 bits per heavy atom. The molecule has 0 bridgehead atoms. The van der Waals surface area contributed by atoms with E-state index in [1.54, 1.807) is 0 Å². The summed E-state index contributed by atoms with van der Waals surface area (Å²) in [7, 11) is 0. The van der Waals surface area contributed by atoms with E-state index in [2.05, 4.69) is 6.58 Å². The van der Waals surface area contributed by atoms with Crippen LogP contribution in [0.15, 0.2) is 12.2 Å². The Labute approximate surface area is 88.0 Å². The molecule has 1 atom stereocenters. The smallest absolute Gasteiger partial charge is 0.229 e. The maximum Gasteiger partial charge on any atom is 0.229 e. The van der Waals surface area contributed by atoms with Crippen LogP contribution < -0.4 is 0 Å². The first-order chi connectivity index (χ1) is 6.29. The molecular formula is C12H23NO. The molecule has 1 amide bonds. The minimum atomic E-state index is -0.0696. The fourth-order valence-electron chi connectivity index (χ4n) is 1.54. The van der Waals surface area contributed by atoms with Crippen molar-refractivity contribution in [1.82, 2.24) is 4.90 Å². The lowest BCUT2D eigenvalue weighted by molar-refractivity contribution is -0.137. The molecule has 0 saturated carbocycles. The van der Waals surface area contributed by atoms with Crippen LogP contribution in [0, 0.1) is 5.92 Å². The van der Waals surface area contributed by atoms with Crippen molar-refractivity contribution in [2.45, 2.75) is 53.6 Å². The predicted molar refractivity (Wildman–Crippen MR) is 61.1 cm³/mol. The summed E-state index contributed by atoms with van der Waals surface area (Å²) in [5, 5.41) is 0. The van der Waals surface area contributed by atoms with Gasteiger partial charge in [0.2, 0.25) is 5.91 Å². The lowest BCUT2D eigenvalue weighted by atomic mass is 10.0. The van der Waals surface area contributed by atoms with Crippen LogP contribution in [0.3, 0.4) is 0 Å². The van der Waals surface area contributed by atoms with Gasteiger partial charge in [-0.05, 0) is 41.5 Å². The molecule has 2 heteroatoms. The van der Waals surface area contributed by atoms with Gasteiger partial charge in [-0.3, -0.25) is 4.79 Å². The highest BCUT2D eigenvalue weighted by Crippen LogP contribution is 2.15. The SMILES string of the molecule is C=C(C)[C@H](C)C(=O)N(C(C)C)C(C)C. The van der Waals surface area contributed by atoms with Gasteiger partial charge in [0.1, 0.15) is 0 Å². The van der Waals surface area contributed by atoms with Crippen molar-refractivity contribution in [3.8, 4) is 0 Å². The Morgan fingerprint density at radius 1 is 1.07 bits per heavy atom. The monoisotopic (exact) mass is 197 g/mol. The van der Waals surface area contributed by atoms with Gasteiger partial charge in [-0.2, -0.15) is 0 Å². The summed E-state index contributed by atoms with van der Waals surface area (Å²) >= 11 is 0. The summed E-state index contributed by atoms with van der Waals surface area (Å²) in [6.45, 7) is 15.8. The van der Waals surface area contributed by atoms with Crippen molar-refractivity contribution in [2.75, 3.05) is 0 Å². The summed E-state index contributed by atoms with van der Waals surface area (Å²) in [4.78, 5) is 13.9. The van der Waals surface area contributed by atoms with Crippen molar-refractivity contribution in [1.29, 1.82) is 0 Å². The van der Waals surface area contributed by atoms with Gasteiger partial charge in [0.05, 0.1) is 5.92 Å². The van der Waals surface area contributed by atoms with Crippen LogP contribution in [0.1, 0.15) is 41.5 Å². The molecule has 14 heavy (non-hydrogen) atoms. The van der Waals surface area contributed by atoms with Crippen molar-refractivity contribution >= 4 is 5.91 Å². The fourth-order valence-corrected chi connectivity index (χ4v) is 1.54. The van der Waals surface area contributed by atoms with Gasteiger partial charge in [0.25, 0.3) is 0 Å². The van der Waals surface area contributed by atoms with Crippen LogP contribution in [0.25, 0.3) is 0 Å². The van der Waals surface area contributed by atoms with Crippen LogP contribution >= 0.6 is 0 Å². The molecule has 0 fully saturated rings. The number of amides is 1. The van der Waals surface area contributed by atoms with E-state index in [9.17, 15) is 4.79 Å². The lowest BCUT2D eigenvalue weighted by Crippen LogP contribution is -2.44. The molecule has 0 aliphatic rings. The molecule has 0 heterocycles. The van der Waals surface area contributed by atoms with E-state index >= 15 is 0 Å². The minimum Gasteiger partial charge on any atom is -0.337 e. The van der Waals surface area contributed by atoms with Gasteiger partial charge < -0.3 is 4.90 Å². The molecule has 0 unspecified atom stereocenters. The predicted octanol–water partition coefficient (Wildman–Crippen LogP) is 2.84. The maximum atomic E-state index is 12.0. The quantitative estimate of drug-likeness (QED) is 0.635. The topological polar surface area (TPSA) is 20.3 Å². The highest BCUT2D eigenvalue weighted by molar-refractivity contribution is 5.81. The normalized spacial score (nSPS) is 13.1. The van der Waals surface area contributed by atoms with Gasteiger partial charge >= 0.3 is 0 Å². The van der Waals surface area contributed by atoms with Crippen molar-refractivity contribution in [3.63, 3.8) is 0 Å². The van der Waals surface area contributed by atoms with E-state index in [1.165, 1.54) is 0 Å². The molecular weight excluding hydrogens is 174 g/mol. The Balaban J connectivity index is 4.69. The Kier molecular flexibility index (Phi) is 4.89. The van der Waals surface area contributed by atoms with Crippen molar-refractivity contribution in [3.05, 3.63) is 12.2 Å². The van der Waals surface area contributed by atoms with Crippen LogP contribution in [0.4, 0.5) is 0 Å². The summed E-state index contributed by atoms with van der Waals surface area (Å²) in [5.41, 5.74) is 0.932. The second-order valence-electron chi connectivity index (χ2n) is 4.50. The van der Waals surface area contributed by atoms with Crippen molar-refractivity contribution in [2.24, 2.45) is 5.92 Å². The molecule has 0 saturated heterocycles. The van der Waals surface area contributed by atoms with Crippen molar-refractivity contribution < 1.29 is 4.79 Å².